The van der Waals surface area contributed by atoms with Gasteiger partial charge < -0.3 is 15.3 Å². The number of nitrogens with zero attached hydrogens (tertiary/aromatic N) is 3. The van der Waals surface area contributed by atoms with Gasteiger partial charge in [-0.15, -0.1) is 105 Å². The minimum Gasteiger partial charge on any atom is -0.512 e. The van der Waals surface area contributed by atoms with Crippen LogP contribution in [0.3, 0.4) is 0 Å². The van der Waals surface area contributed by atoms with Gasteiger partial charge in [0.1, 0.15) is 5.76 Å². The normalized spacial score (nSPS) is 12.2. The Kier molecular flexibility index (Phi) is 39.0. The number of hydrogen-bond acceptors (Lipinski definition) is 9. The van der Waals surface area contributed by atoms with E-state index < -0.39 is 12.3 Å². The number of carbonyl (C=O) groups is 3. The largest absolute Gasteiger partial charge is 0.512 e. The van der Waals surface area contributed by atoms with Gasteiger partial charge in [0.05, 0.1) is 28.1 Å². The summed E-state index contributed by atoms with van der Waals surface area (Å²) in [6.07, 6.45) is 7.88. The molecule has 0 aliphatic heterocycles. The summed E-state index contributed by atoms with van der Waals surface area (Å²) < 4.78 is 23.3. The molecule has 0 spiro atoms. The van der Waals surface area contributed by atoms with Crippen molar-refractivity contribution in [2.75, 3.05) is 0 Å². The minimum atomic E-state index is -2.19. The van der Waals surface area contributed by atoms with Crippen molar-refractivity contribution in [1.29, 1.82) is 0 Å². The van der Waals surface area contributed by atoms with Gasteiger partial charge >= 0.3 is 0 Å². The van der Waals surface area contributed by atoms with E-state index in [-0.39, 0.29) is 117 Å². The monoisotopic (exact) mass is 2170 g/mol. The molecule has 12 rings (SSSR count). The fourth-order valence-electron chi connectivity index (χ4n) is 13.7. The first-order valence-electron chi connectivity index (χ1n) is 43.2. The fourth-order valence-corrected chi connectivity index (χ4v) is 13.7. The van der Waals surface area contributed by atoms with Crippen molar-refractivity contribution >= 4 is 50.1 Å². The number of carbonyl (C=O) groups excluding carboxylic acids is 3. The van der Waals surface area contributed by atoms with Crippen molar-refractivity contribution in [2.24, 2.45) is 39.4 Å². The smallest absolute Gasteiger partial charge is 0.164 e. The number of aryl methyl sites for hydroxylation is 6. The number of aromatic nitrogens is 3. The Labute approximate surface area is 775 Å². The molecule has 0 fully saturated rings. The van der Waals surface area contributed by atoms with Gasteiger partial charge in [0.15, 0.2) is 17.3 Å². The Balaban J connectivity index is 0.000000329. The number of aliphatic hydroxyl groups excluding tert-OH is 3. The van der Waals surface area contributed by atoms with E-state index in [1.54, 1.807) is 6.07 Å². The summed E-state index contributed by atoms with van der Waals surface area (Å²) in [5, 5.41) is 31.2. The maximum absolute atomic E-state index is 11.5. The molecule has 12 aromatic rings. The van der Waals surface area contributed by atoms with Crippen LogP contribution in [0.5, 0.6) is 0 Å². The van der Waals surface area contributed by atoms with Gasteiger partial charge in [0, 0.05) is 122 Å². The molecule has 0 amide bonds. The zero-order valence-corrected chi connectivity index (χ0v) is 83.6. The summed E-state index contributed by atoms with van der Waals surface area (Å²) in [5.41, 5.74) is 25.1. The number of fused-ring (bicyclic) bond motifs is 3. The molecule has 9 aromatic carbocycles. The summed E-state index contributed by atoms with van der Waals surface area (Å²) in [4.78, 5) is 47.9. The molecule has 0 aliphatic carbocycles. The quantitative estimate of drug-likeness (QED) is 0.0460. The van der Waals surface area contributed by atoms with Gasteiger partial charge in [-0.3, -0.25) is 29.3 Å². The molecule has 0 unspecified atom stereocenters. The molecule has 0 saturated carbocycles. The molecule has 3 heterocycles. The second kappa shape index (κ2) is 47.6. The topological polar surface area (TPSA) is 151 Å². The first-order chi connectivity index (χ1) is 56.9. The molecule has 0 bridgehead atoms. The van der Waals surface area contributed by atoms with E-state index >= 15 is 0 Å². The van der Waals surface area contributed by atoms with Crippen LogP contribution < -0.4 is 0 Å². The number of rotatable bonds is 17. The van der Waals surface area contributed by atoms with Crippen LogP contribution in [0, 0.1) is 99.1 Å². The average molecular weight is 2170 g/mol. The van der Waals surface area contributed by atoms with Gasteiger partial charge in [-0.1, -0.05) is 293 Å². The zero-order valence-electron chi connectivity index (χ0n) is 79.5. The zero-order chi connectivity index (χ0) is 90.5. The van der Waals surface area contributed by atoms with Crippen LogP contribution in [0.2, 0.25) is 0 Å². The Morgan fingerprint density at radius 1 is 0.385 bits per heavy atom. The molecule has 0 saturated heterocycles. The van der Waals surface area contributed by atoms with Crippen molar-refractivity contribution in [3.8, 4) is 67.2 Å². The van der Waals surface area contributed by atoms with Gasteiger partial charge in [-0.05, 0) is 165 Å². The third kappa shape index (κ3) is 34.8. The molecule has 651 valence electrons. The summed E-state index contributed by atoms with van der Waals surface area (Å²) in [5.74, 6) is 1.89. The van der Waals surface area contributed by atoms with Crippen LogP contribution in [0.4, 0.5) is 0 Å². The number of aliphatic hydroxyl groups is 3. The minimum absolute atomic E-state index is 0. The van der Waals surface area contributed by atoms with Gasteiger partial charge in [0.25, 0.3) is 0 Å². The van der Waals surface area contributed by atoms with Crippen LogP contribution in [0.25, 0.3) is 99.9 Å². The molecule has 3 aromatic heterocycles. The first-order valence-corrected chi connectivity index (χ1v) is 41.7. The van der Waals surface area contributed by atoms with Crippen LogP contribution in [0.1, 0.15) is 205 Å². The predicted molar refractivity (Wildman–Crippen MR) is 504 cm³/mol. The van der Waals surface area contributed by atoms with Crippen LogP contribution in [-0.4, -0.2) is 47.6 Å². The second-order valence-electron chi connectivity index (χ2n) is 37.4. The first kappa shape index (κ1) is 99.9. The predicted octanol–water partition coefficient (Wildman–Crippen LogP) is 29.5. The van der Waals surface area contributed by atoms with Crippen molar-refractivity contribution in [2.45, 2.75) is 212 Å². The maximum Gasteiger partial charge on any atom is 0.164 e. The van der Waals surface area contributed by atoms with Gasteiger partial charge in [-0.2, -0.15) is 0 Å². The van der Waals surface area contributed by atoms with Gasteiger partial charge in [-0.25, -0.2) is 0 Å². The van der Waals surface area contributed by atoms with Crippen molar-refractivity contribution in [1.82, 2.24) is 15.0 Å². The summed E-state index contributed by atoms with van der Waals surface area (Å²) in [6.45, 7) is 47.8. The Morgan fingerprint density at radius 3 is 0.951 bits per heavy atom. The Hall–Kier alpha value is -9.21. The van der Waals surface area contributed by atoms with E-state index in [1.807, 2.05) is 114 Å². The standard InChI is InChI=1S/3C27H26N.C13H24O2.C11H20O2.C5H8O2.3Ir/c3*1-18(2)12-23-17-27(24-14-19(3)13-20(4)15-24)28-26-11-10-22(16-25(23)26)21-8-6-5-7-9-21;1-12(2,3)8-10(14)7-11(15)9-13(4,5)6;1-10(2,3)8(12)7-9(13)11(4,5)6;1-4(6)3-5(2)7;;;/h3*5-11,13-14,16-18H,12H2,1-4H3;7,14H,8-9H2,1-6H3;7,12H,1-6H3;3,6H,1-2H3;;;/q3*-1;;;;;;/i4D3;;;;;;;;. The average Bonchev–Trinajstić information content (AvgIpc) is 0.780. The van der Waals surface area contributed by atoms with E-state index in [9.17, 15) is 24.6 Å². The molecule has 0 atom stereocenters. The fraction of sp³-hybridized carbons (Fsp3) is 0.345. The SMILES string of the molecule is CC(=O)C=C(C)O.CC(C)(C)C(=O)C=C(O)C(C)(C)C.CC(C)(C)CC(=O)C=C(O)CC(C)(C)C.Cc1[c-]c(-c2cc(CC(C)C)c3cc(-c4ccccc4)ccc3n2)cc(C)c1.Cc1[c-]c(-c2cc(CC(C)C)c3cc(-c4ccccc4)ccc3n2)cc(C)c1.[2H]C([2H])([2H])c1[c-]c(-c2cc(CC(C)C)c3cc(-c4ccccc4)ccc3n2)cc(C)c1.[Ir].[Ir].[Ir]. The second-order valence-corrected chi connectivity index (χ2v) is 37.4. The van der Waals surface area contributed by atoms with Crippen molar-refractivity contribution < 1.29 is 94.1 Å². The van der Waals surface area contributed by atoms with E-state index in [2.05, 4.69) is 257 Å². The van der Waals surface area contributed by atoms with Crippen LogP contribution in [-0.2, 0) is 94.0 Å². The van der Waals surface area contributed by atoms with E-state index in [1.165, 1.54) is 104 Å². The van der Waals surface area contributed by atoms with E-state index in [0.717, 1.165) is 91.7 Å². The number of benzene rings is 9. The summed E-state index contributed by atoms with van der Waals surface area (Å²) in [6, 6.07) is 80.1. The molecule has 3 radical (unpaired) electrons. The molecular weight excluding hydrogens is 2040 g/mol. The van der Waals surface area contributed by atoms with Crippen molar-refractivity contribution in [3.63, 3.8) is 0 Å². The Morgan fingerprint density at radius 2 is 0.697 bits per heavy atom. The Bertz CT molecular complexity index is 5460. The van der Waals surface area contributed by atoms with Crippen molar-refractivity contribution in [3.05, 3.63) is 304 Å². The van der Waals surface area contributed by atoms with E-state index in [0.29, 0.717) is 30.6 Å². The third-order valence-corrected chi connectivity index (χ3v) is 19.0. The number of ketones is 3. The van der Waals surface area contributed by atoms with Gasteiger partial charge in [0.2, 0.25) is 0 Å². The number of allylic oxidation sites excluding steroid dienone is 6. The number of hydrogen-bond donors (Lipinski definition) is 3. The molecule has 0 aliphatic rings. The van der Waals surface area contributed by atoms with Crippen LogP contribution >= 0.6 is 0 Å². The number of pyridine rings is 3. The van der Waals surface area contributed by atoms with Crippen LogP contribution in [0.15, 0.2) is 236 Å². The third-order valence-electron chi connectivity index (χ3n) is 19.0. The molecule has 3 N–H and O–H groups in total. The summed E-state index contributed by atoms with van der Waals surface area (Å²) >= 11 is 0. The molecule has 122 heavy (non-hydrogen) atoms. The maximum atomic E-state index is 11.5. The van der Waals surface area contributed by atoms with E-state index in [4.69, 9.17) is 24.2 Å². The summed E-state index contributed by atoms with van der Waals surface area (Å²) in [7, 11) is 0. The molecular formula is C110H130Ir3N3O6-3. The molecule has 12 heteroatoms. The molecule has 9 nitrogen and oxygen atoms in total.